The molecule has 1 aliphatic carbocycles. The van der Waals surface area contributed by atoms with E-state index in [2.05, 4.69) is 16.3 Å². The minimum Gasteiger partial charge on any atom is -0.314 e. The first-order valence-electron chi connectivity index (χ1n) is 6.87. The topological polar surface area (TPSA) is 32.3 Å². The first kappa shape index (κ1) is 11.9. The Bertz CT molecular complexity index is 438. The van der Waals surface area contributed by atoms with E-state index in [1.54, 1.807) is 0 Å². The molecule has 0 spiro atoms. The van der Waals surface area contributed by atoms with Crippen molar-refractivity contribution in [1.82, 2.24) is 10.2 Å². The Morgan fingerprint density at radius 3 is 2.78 bits per heavy atom. The van der Waals surface area contributed by atoms with Crippen molar-refractivity contribution in [3.05, 3.63) is 35.4 Å². The summed E-state index contributed by atoms with van der Waals surface area (Å²) in [5, 5.41) is 3.37. The van der Waals surface area contributed by atoms with Crippen LogP contribution in [0.3, 0.4) is 0 Å². The number of ketones is 1. The van der Waals surface area contributed by atoms with Gasteiger partial charge < -0.3 is 10.2 Å². The largest absolute Gasteiger partial charge is 0.314 e. The third kappa shape index (κ3) is 2.47. The maximum Gasteiger partial charge on any atom is 0.163 e. The molecule has 1 atom stereocenters. The van der Waals surface area contributed by atoms with Crippen LogP contribution in [0.4, 0.5) is 0 Å². The van der Waals surface area contributed by atoms with E-state index in [9.17, 15) is 4.79 Å². The minimum absolute atomic E-state index is 0.331. The van der Waals surface area contributed by atoms with Crippen LogP contribution in [-0.2, 0) is 6.42 Å². The van der Waals surface area contributed by atoms with Gasteiger partial charge in [0.1, 0.15) is 0 Å². The lowest BCUT2D eigenvalue weighted by atomic mass is 9.83. The molecule has 2 aliphatic rings. The number of fused-ring (bicyclic) bond motifs is 1. The van der Waals surface area contributed by atoms with Gasteiger partial charge in [-0.15, -0.1) is 0 Å². The van der Waals surface area contributed by atoms with Crippen molar-refractivity contribution in [2.45, 2.75) is 12.8 Å². The first-order valence-corrected chi connectivity index (χ1v) is 6.87. The summed E-state index contributed by atoms with van der Waals surface area (Å²) in [6.07, 6.45) is 1.78. The van der Waals surface area contributed by atoms with Crippen LogP contribution >= 0.6 is 0 Å². The summed E-state index contributed by atoms with van der Waals surface area (Å²) in [7, 11) is 0. The summed E-state index contributed by atoms with van der Waals surface area (Å²) in [6, 6.07) is 8.09. The van der Waals surface area contributed by atoms with Gasteiger partial charge in [-0.2, -0.15) is 0 Å². The highest BCUT2D eigenvalue weighted by Crippen LogP contribution is 2.26. The summed E-state index contributed by atoms with van der Waals surface area (Å²) in [6.45, 7) is 5.47. The number of carbonyl (C=O) groups excluding carboxylic acids is 1. The van der Waals surface area contributed by atoms with Crippen LogP contribution in [-0.4, -0.2) is 43.4 Å². The van der Waals surface area contributed by atoms with Crippen molar-refractivity contribution in [2.75, 3.05) is 32.7 Å². The molecule has 3 rings (SSSR count). The zero-order valence-electron chi connectivity index (χ0n) is 10.7. The highest BCUT2D eigenvalue weighted by molar-refractivity contribution is 5.98. The van der Waals surface area contributed by atoms with Crippen LogP contribution in [0.2, 0.25) is 0 Å². The summed E-state index contributed by atoms with van der Waals surface area (Å²) in [5.74, 6) is 0.836. The average Bonchev–Trinajstić information content (AvgIpc) is 2.40. The van der Waals surface area contributed by atoms with Gasteiger partial charge in [-0.25, -0.2) is 0 Å². The molecule has 1 aromatic rings. The van der Waals surface area contributed by atoms with Gasteiger partial charge in [0.2, 0.25) is 0 Å². The van der Waals surface area contributed by atoms with Crippen LogP contribution in [0.25, 0.3) is 0 Å². The van der Waals surface area contributed by atoms with E-state index in [0.29, 0.717) is 11.7 Å². The predicted molar refractivity (Wildman–Crippen MR) is 71.9 cm³/mol. The molecule has 1 aromatic carbocycles. The van der Waals surface area contributed by atoms with Crippen LogP contribution in [0.15, 0.2) is 24.3 Å². The molecular weight excluding hydrogens is 224 g/mol. The molecule has 0 saturated carbocycles. The van der Waals surface area contributed by atoms with Crippen molar-refractivity contribution in [2.24, 2.45) is 5.92 Å². The molecule has 18 heavy (non-hydrogen) atoms. The molecule has 1 heterocycles. The molecular formula is C15H20N2O. The van der Waals surface area contributed by atoms with Crippen LogP contribution in [0.5, 0.6) is 0 Å². The molecule has 0 amide bonds. The van der Waals surface area contributed by atoms with Gasteiger partial charge in [-0.05, 0) is 17.9 Å². The second-order valence-corrected chi connectivity index (χ2v) is 5.41. The third-order valence-corrected chi connectivity index (χ3v) is 4.03. The van der Waals surface area contributed by atoms with Gasteiger partial charge >= 0.3 is 0 Å². The number of nitrogens with zero attached hydrogens (tertiary/aromatic N) is 1. The number of benzene rings is 1. The maximum absolute atomic E-state index is 12.1. The SMILES string of the molecule is O=C1CC(CN2CCNCC2)Cc2ccccc21. The number of piperazine rings is 1. The Hall–Kier alpha value is -1.19. The molecule has 3 nitrogen and oxygen atoms in total. The smallest absolute Gasteiger partial charge is 0.163 e. The fraction of sp³-hybridized carbons (Fsp3) is 0.533. The standard InChI is InChI=1S/C15H20N2O/c18-15-10-12(11-17-7-5-16-6-8-17)9-13-3-1-2-4-14(13)15/h1-4,12,16H,5-11H2. The molecule has 1 aliphatic heterocycles. The molecule has 1 saturated heterocycles. The predicted octanol–water partition coefficient (Wildman–Crippen LogP) is 1.34. The van der Waals surface area contributed by atoms with E-state index in [-0.39, 0.29) is 0 Å². The van der Waals surface area contributed by atoms with Crippen LogP contribution < -0.4 is 5.32 Å². The average molecular weight is 244 g/mol. The van der Waals surface area contributed by atoms with Gasteiger partial charge in [0.05, 0.1) is 0 Å². The molecule has 1 fully saturated rings. The second kappa shape index (κ2) is 5.21. The summed E-state index contributed by atoms with van der Waals surface area (Å²) in [4.78, 5) is 14.6. The van der Waals surface area contributed by atoms with Crippen molar-refractivity contribution in [3.8, 4) is 0 Å². The van der Waals surface area contributed by atoms with Gasteiger partial charge in [0, 0.05) is 44.7 Å². The molecule has 3 heteroatoms. The van der Waals surface area contributed by atoms with Gasteiger partial charge in [0.25, 0.3) is 0 Å². The van der Waals surface area contributed by atoms with Gasteiger partial charge in [-0.3, -0.25) is 4.79 Å². The van der Waals surface area contributed by atoms with Crippen LogP contribution in [0.1, 0.15) is 22.3 Å². The fourth-order valence-electron chi connectivity index (χ4n) is 3.11. The highest BCUT2D eigenvalue weighted by atomic mass is 16.1. The Morgan fingerprint density at radius 1 is 1.17 bits per heavy atom. The Kier molecular flexibility index (Phi) is 3.43. The lowest BCUT2D eigenvalue weighted by Gasteiger charge is -2.32. The third-order valence-electron chi connectivity index (χ3n) is 4.03. The molecule has 0 bridgehead atoms. The molecule has 0 radical (unpaired) electrons. The second-order valence-electron chi connectivity index (χ2n) is 5.41. The van der Waals surface area contributed by atoms with Crippen molar-refractivity contribution < 1.29 is 4.79 Å². The van der Waals surface area contributed by atoms with E-state index in [1.165, 1.54) is 5.56 Å². The minimum atomic E-state index is 0.331. The fourth-order valence-corrected chi connectivity index (χ4v) is 3.11. The molecule has 1 N–H and O–H groups in total. The number of Topliss-reactive ketones (excluding diaryl/α,β-unsaturated/α-hetero) is 1. The highest BCUT2D eigenvalue weighted by Gasteiger charge is 2.26. The lowest BCUT2D eigenvalue weighted by molar-refractivity contribution is 0.0927. The quantitative estimate of drug-likeness (QED) is 0.852. The lowest BCUT2D eigenvalue weighted by Crippen LogP contribution is -2.46. The molecule has 96 valence electrons. The number of hydrogen-bond donors (Lipinski definition) is 1. The maximum atomic E-state index is 12.1. The summed E-state index contributed by atoms with van der Waals surface area (Å²) in [5.41, 5.74) is 2.20. The van der Waals surface area contributed by atoms with Gasteiger partial charge in [-0.1, -0.05) is 24.3 Å². The monoisotopic (exact) mass is 244 g/mol. The number of nitrogens with one attached hydrogen (secondary N) is 1. The van der Waals surface area contributed by atoms with E-state index in [4.69, 9.17) is 0 Å². The van der Waals surface area contributed by atoms with E-state index in [1.807, 2.05) is 18.2 Å². The van der Waals surface area contributed by atoms with Gasteiger partial charge in [0.15, 0.2) is 5.78 Å². The normalized spacial score (nSPS) is 24.9. The zero-order chi connectivity index (χ0) is 12.4. The van der Waals surface area contributed by atoms with Crippen molar-refractivity contribution in [3.63, 3.8) is 0 Å². The van der Waals surface area contributed by atoms with Crippen molar-refractivity contribution in [1.29, 1.82) is 0 Å². The molecule has 0 aromatic heterocycles. The van der Waals surface area contributed by atoms with Crippen LogP contribution in [0, 0.1) is 5.92 Å². The summed E-state index contributed by atoms with van der Waals surface area (Å²) < 4.78 is 0. The Balaban J connectivity index is 1.68. The summed E-state index contributed by atoms with van der Waals surface area (Å²) >= 11 is 0. The number of carbonyl (C=O) groups is 1. The van der Waals surface area contributed by atoms with Crippen molar-refractivity contribution >= 4 is 5.78 Å². The number of rotatable bonds is 2. The Labute approximate surface area is 108 Å². The first-order chi connectivity index (χ1) is 8.83. The molecule has 1 unspecified atom stereocenters. The Morgan fingerprint density at radius 2 is 1.94 bits per heavy atom. The number of hydrogen-bond acceptors (Lipinski definition) is 3. The van der Waals surface area contributed by atoms with E-state index in [0.717, 1.165) is 51.1 Å². The van der Waals surface area contributed by atoms with E-state index >= 15 is 0 Å². The van der Waals surface area contributed by atoms with E-state index < -0.39 is 0 Å². The zero-order valence-corrected chi connectivity index (χ0v) is 10.7.